The highest BCUT2D eigenvalue weighted by atomic mass is 32.2. The summed E-state index contributed by atoms with van der Waals surface area (Å²) in [6, 6.07) is 3.93. The number of hydrogen-bond donors (Lipinski definition) is 5. The summed E-state index contributed by atoms with van der Waals surface area (Å²) in [7, 11) is -7.65. The van der Waals surface area contributed by atoms with E-state index < -0.39 is 32.4 Å². The Bertz CT molecular complexity index is 1940. The number of carbonyl (C=O) groups is 1. The van der Waals surface area contributed by atoms with E-state index in [1.807, 2.05) is 25.7 Å². The zero-order valence-corrected chi connectivity index (χ0v) is 35.2. The van der Waals surface area contributed by atoms with Gasteiger partial charge in [-0.15, -0.1) is 0 Å². The molecule has 0 heterocycles. The van der Waals surface area contributed by atoms with Crippen LogP contribution in [0.2, 0.25) is 0 Å². The Morgan fingerprint density at radius 3 is 2.09 bits per heavy atom. The lowest BCUT2D eigenvalue weighted by Gasteiger charge is -2.25. The highest BCUT2D eigenvalue weighted by Gasteiger charge is 2.40. The van der Waals surface area contributed by atoms with Gasteiger partial charge in [0.1, 0.15) is 5.88 Å². The molecular formula is C41H64N6O6S2. The fourth-order valence-corrected chi connectivity index (χ4v) is 12.5. The first kappa shape index (κ1) is 41.9. The molecule has 2 amide bonds. The molecule has 5 N–H and O–H groups in total. The fraction of sp³-hybridized carbons (Fsp3) is 0.683. The summed E-state index contributed by atoms with van der Waals surface area (Å²) in [5.74, 6) is -0.00337. The van der Waals surface area contributed by atoms with E-state index in [0.29, 0.717) is 19.6 Å². The third-order valence-electron chi connectivity index (χ3n) is 12.2. The Balaban J connectivity index is 1.20. The van der Waals surface area contributed by atoms with Gasteiger partial charge in [-0.3, -0.25) is 4.90 Å². The molecule has 0 fully saturated rings. The van der Waals surface area contributed by atoms with Crippen LogP contribution in [0.25, 0.3) is 0 Å². The molecule has 4 atom stereocenters. The third-order valence-corrected chi connectivity index (χ3v) is 15.0. The lowest BCUT2D eigenvalue weighted by molar-refractivity contribution is 0.191. The van der Waals surface area contributed by atoms with Crippen LogP contribution in [-0.2, 0) is 65.0 Å². The van der Waals surface area contributed by atoms with Crippen molar-refractivity contribution in [1.29, 1.82) is 0 Å². The van der Waals surface area contributed by atoms with E-state index in [9.17, 15) is 26.7 Å². The minimum Gasteiger partial charge on any atom is -0.360 e. The molecule has 6 rings (SSSR count). The van der Waals surface area contributed by atoms with E-state index in [4.69, 9.17) is 0 Å². The van der Waals surface area contributed by atoms with Crippen molar-refractivity contribution >= 4 is 37.5 Å². The van der Waals surface area contributed by atoms with Crippen LogP contribution in [0.3, 0.4) is 0 Å². The van der Waals surface area contributed by atoms with Gasteiger partial charge in [0.25, 0.3) is 0 Å². The van der Waals surface area contributed by atoms with Crippen LogP contribution >= 0.6 is 0 Å². The maximum absolute atomic E-state index is 13.5. The smallest absolute Gasteiger partial charge is 0.332 e. The van der Waals surface area contributed by atoms with E-state index in [2.05, 4.69) is 51.0 Å². The van der Waals surface area contributed by atoms with Gasteiger partial charge in [0.05, 0.1) is 5.75 Å². The molecule has 2 aromatic carbocycles. The van der Waals surface area contributed by atoms with Gasteiger partial charge in [0.2, 0.25) is 20.0 Å². The number of carbonyl (C=O) groups excluding carboxylic acids is 1. The maximum Gasteiger partial charge on any atom is 0.332 e. The van der Waals surface area contributed by atoms with E-state index in [1.54, 1.807) is 0 Å². The Morgan fingerprint density at radius 2 is 1.44 bits per heavy atom. The van der Waals surface area contributed by atoms with Crippen molar-refractivity contribution in [2.24, 2.45) is 11.8 Å². The quantitative estimate of drug-likeness (QED) is 0.120. The molecule has 14 heteroatoms. The van der Waals surface area contributed by atoms with Crippen LogP contribution in [-0.4, -0.2) is 88.5 Å². The summed E-state index contributed by atoms with van der Waals surface area (Å²) >= 11 is 0. The van der Waals surface area contributed by atoms with Crippen molar-refractivity contribution in [2.75, 3.05) is 55.0 Å². The van der Waals surface area contributed by atoms with Crippen LogP contribution in [0.1, 0.15) is 117 Å². The van der Waals surface area contributed by atoms with Crippen molar-refractivity contribution in [3.05, 3.63) is 56.6 Å². The highest BCUT2D eigenvalue weighted by Crippen LogP contribution is 2.51. The second kappa shape index (κ2) is 17.8. The Labute approximate surface area is 329 Å². The molecule has 4 aliphatic carbocycles. The van der Waals surface area contributed by atoms with Crippen LogP contribution in [0.5, 0.6) is 0 Å². The molecule has 0 aliphatic heterocycles. The molecule has 306 valence electrons. The number of hydrogen-bond acceptors (Lipinski definition) is 9. The number of anilines is 2. The van der Waals surface area contributed by atoms with Gasteiger partial charge in [0.15, 0.2) is 6.35 Å². The SMILES string of the molecule is CCCN(CC)CC(C)CS(=O)(=O)NC(O)Nc1c2c(cc3c1CC(C1CCc4cc5c(c(NC(=O)NS(=O)(=O)CN(CC)CCC)c41)CCC5)C3)CCC2. The normalized spacial score (nSPS) is 20.0. The molecule has 0 aromatic heterocycles. The van der Waals surface area contributed by atoms with Gasteiger partial charge in [-0.05, 0) is 165 Å². The number of aryl methyl sites for hydroxylation is 3. The summed E-state index contributed by atoms with van der Waals surface area (Å²) in [6.45, 7) is 13.7. The number of amides is 2. The first-order valence-electron chi connectivity index (χ1n) is 20.8. The number of nitrogens with one attached hydrogen (secondary N) is 4. The highest BCUT2D eigenvalue weighted by molar-refractivity contribution is 7.90. The van der Waals surface area contributed by atoms with E-state index in [0.717, 1.165) is 124 Å². The summed E-state index contributed by atoms with van der Waals surface area (Å²) in [5.41, 5.74) is 11.2. The second-order valence-corrected chi connectivity index (χ2v) is 20.0. The van der Waals surface area contributed by atoms with Crippen LogP contribution in [0.4, 0.5) is 16.2 Å². The average Bonchev–Trinajstić information content (AvgIpc) is 3.93. The van der Waals surface area contributed by atoms with Gasteiger partial charge in [-0.1, -0.05) is 46.8 Å². The van der Waals surface area contributed by atoms with Gasteiger partial charge < -0.3 is 20.6 Å². The number of nitrogens with zero attached hydrogens (tertiary/aromatic N) is 2. The molecule has 2 aromatic rings. The summed E-state index contributed by atoms with van der Waals surface area (Å²) in [6.07, 6.45) is 9.42. The molecule has 55 heavy (non-hydrogen) atoms. The minimum absolute atomic E-state index is 0.0693. The fourth-order valence-electron chi connectivity index (χ4n) is 10.00. The van der Waals surface area contributed by atoms with Gasteiger partial charge in [0, 0.05) is 17.9 Å². The van der Waals surface area contributed by atoms with Gasteiger partial charge in [-0.25, -0.2) is 26.4 Å². The molecule has 4 unspecified atom stereocenters. The van der Waals surface area contributed by atoms with Crippen LogP contribution < -0.4 is 20.1 Å². The number of aliphatic hydroxyl groups is 1. The maximum atomic E-state index is 13.5. The topological polar surface area (TPSA) is 160 Å². The Morgan fingerprint density at radius 1 is 0.800 bits per heavy atom. The van der Waals surface area contributed by atoms with Crippen molar-refractivity contribution in [3.63, 3.8) is 0 Å². The first-order chi connectivity index (χ1) is 26.2. The lowest BCUT2D eigenvalue weighted by atomic mass is 9.83. The van der Waals surface area contributed by atoms with Gasteiger partial charge >= 0.3 is 6.03 Å². The second-order valence-electron chi connectivity index (χ2n) is 16.5. The number of sulfonamides is 2. The monoisotopic (exact) mass is 800 g/mol. The van der Waals surface area contributed by atoms with Crippen molar-refractivity contribution in [2.45, 2.75) is 124 Å². The predicted molar refractivity (Wildman–Crippen MR) is 220 cm³/mol. The van der Waals surface area contributed by atoms with Crippen molar-refractivity contribution in [3.8, 4) is 0 Å². The molecule has 0 saturated heterocycles. The number of rotatable bonds is 19. The minimum atomic E-state index is -3.88. The Kier molecular flexibility index (Phi) is 13.6. The standard InChI is InChI=1S/C41H64N6O6S2/c1-6-18-46(8-3)24-27(5)25-54(50,51)44-40(48)42-38-34-14-10-13-29(34)21-31-22-32(23-36(31)38)33-17-16-30-20-28-12-11-15-35(28)39(37(30)33)43-41(49)45-55(52,53)26-47(9-4)19-7-2/h20-21,27,32-33,40,42,44,48H,6-19,22-26H2,1-5H3,(H2,43,45,49). The molecule has 12 nitrogen and oxygen atoms in total. The van der Waals surface area contributed by atoms with E-state index >= 15 is 0 Å². The number of aliphatic hydroxyl groups excluding tert-OH is 1. The summed E-state index contributed by atoms with van der Waals surface area (Å²) in [4.78, 5) is 17.5. The molecule has 0 bridgehead atoms. The number of urea groups is 1. The molecule has 4 aliphatic rings. The van der Waals surface area contributed by atoms with Crippen LogP contribution in [0.15, 0.2) is 12.1 Å². The predicted octanol–water partition coefficient (Wildman–Crippen LogP) is 5.22. The lowest BCUT2D eigenvalue weighted by Crippen LogP contribution is -2.43. The van der Waals surface area contributed by atoms with Gasteiger partial charge in [-0.2, -0.15) is 4.72 Å². The first-order valence-corrected chi connectivity index (χ1v) is 24.1. The number of benzene rings is 2. The van der Waals surface area contributed by atoms with E-state index in [-0.39, 0.29) is 29.4 Å². The molecule has 0 spiro atoms. The van der Waals surface area contributed by atoms with Crippen molar-refractivity contribution in [1.82, 2.24) is 19.2 Å². The van der Waals surface area contributed by atoms with E-state index in [1.165, 1.54) is 22.3 Å². The zero-order valence-electron chi connectivity index (χ0n) is 33.6. The summed E-state index contributed by atoms with van der Waals surface area (Å²) in [5, 5.41) is 17.5. The average molecular weight is 801 g/mol. The molecule has 0 radical (unpaired) electrons. The zero-order chi connectivity index (χ0) is 39.5. The molecule has 0 saturated carbocycles. The largest absolute Gasteiger partial charge is 0.360 e. The summed E-state index contributed by atoms with van der Waals surface area (Å²) < 4.78 is 57.4. The van der Waals surface area contributed by atoms with Crippen LogP contribution in [0, 0.1) is 11.8 Å². The molecular weight excluding hydrogens is 737 g/mol. The number of fused-ring (bicyclic) bond motifs is 4. The van der Waals surface area contributed by atoms with Crippen molar-refractivity contribution < 1.29 is 26.7 Å². The third kappa shape index (κ3) is 9.87. The Hall–Kier alpha value is -2.75.